The van der Waals surface area contributed by atoms with Crippen LogP contribution in [0.5, 0.6) is 5.75 Å². The number of anilines is 1. The number of nitrogens with one attached hydrogen (secondary N) is 1. The number of carbonyl (C=O) groups excluding carboxylic acids is 2. The van der Waals surface area contributed by atoms with E-state index in [-0.39, 0.29) is 17.3 Å². The number of amides is 2. The van der Waals surface area contributed by atoms with E-state index in [1.54, 1.807) is 43.3 Å². The lowest BCUT2D eigenvalue weighted by Gasteiger charge is -2.32. The minimum atomic E-state index is -4.13. The zero-order valence-corrected chi connectivity index (χ0v) is 24.5. The molecule has 1 N–H and O–H groups in total. The van der Waals surface area contributed by atoms with Crippen LogP contribution in [0.2, 0.25) is 0 Å². The fraction of sp³-hybridized carbons (Fsp3) is 0.355. The van der Waals surface area contributed by atoms with Gasteiger partial charge in [0.05, 0.1) is 17.2 Å². The molecule has 40 heavy (non-hydrogen) atoms. The highest BCUT2D eigenvalue weighted by molar-refractivity contribution is 7.92. The normalized spacial score (nSPS) is 11.9. The number of hydrogen-bond donors (Lipinski definition) is 1. The molecule has 0 saturated carbocycles. The lowest BCUT2D eigenvalue weighted by molar-refractivity contribution is -0.139. The zero-order valence-electron chi connectivity index (χ0n) is 23.7. The van der Waals surface area contributed by atoms with Crippen molar-refractivity contribution >= 4 is 27.5 Å². The lowest BCUT2D eigenvalue weighted by Crippen LogP contribution is -2.51. The second-order valence-electron chi connectivity index (χ2n) is 9.58. The number of nitrogens with zero attached hydrogens (tertiary/aromatic N) is 2. The van der Waals surface area contributed by atoms with Crippen LogP contribution in [0.25, 0.3) is 0 Å². The van der Waals surface area contributed by atoms with Gasteiger partial charge in [-0.1, -0.05) is 61.4 Å². The molecule has 0 radical (unpaired) electrons. The summed E-state index contributed by atoms with van der Waals surface area (Å²) in [4.78, 5) is 28.4. The maximum atomic E-state index is 13.9. The van der Waals surface area contributed by atoms with Gasteiger partial charge in [0.25, 0.3) is 10.0 Å². The Morgan fingerprint density at radius 3 is 2.17 bits per heavy atom. The summed E-state index contributed by atoms with van der Waals surface area (Å²) in [7, 11) is -4.13. The first-order chi connectivity index (χ1) is 19.2. The van der Waals surface area contributed by atoms with E-state index in [1.807, 2.05) is 51.1 Å². The molecule has 3 aromatic rings. The molecule has 3 aromatic carbocycles. The molecule has 1 unspecified atom stereocenters. The lowest BCUT2D eigenvalue weighted by atomic mass is 10.1. The van der Waals surface area contributed by atoms with Crippen molar-refractivity contribution < 1.29 is 22.7 Å². The molecule has 2 amide bonds. The summed E-state index contributed by atoms with van der Waals surface area (Å²) < 4.78 is 34.4. The molecule has 3 rings (SSSR count). The Morgan fingerprint density at radius 2 is 1.57 bits per heavy atom. The van der Waals surface area contributed by atoms with Gasteiger partial charge in [-0.15, -0.1) is 0 Å². The second-order valence-corrected chi connectivity index (χ2v) is 11.4. The Balaban J connectivity index is 1.97. The quantitative estimate of drug-likeness (QED) is 0.280. The molecule has 1 atom stereocenters. The predicted octanol–water partition coefficient (Wildman–Crippen LogP) is 4.92. The average Bonchev–Trinajstić information content (AvgIpc) is 2.95. The first kappa shape index (κ1) is 30.7. The molecule has 0 aliphatic rings. The van der Waals surface area contributed by atoms with E-state index in [4.69, 9.17) is 4.74 Å². The van der Waals surface area contributed by atoms with Crippen molar-refractivity contribution in [3.05, 3.63) is 90.0 Å². The highest BCUT2D eigenvalue weighted by Crippen LogP contribution is 2.26. The largest absolute Gasteiger partial charge is 0.494 e. The smallest absolute Gasteiger partial charge is 0.264 e. The van der Waals surface area contributed by atoms with Crippen LogP contribution in [-0.4, -0.2) is 50.9 Å². The van der Waals surface area contributed by atoms with Crippen molar-refractivity contribution in [2.45, 2.75) is 58.0 Å². The summed E-state index contributed by atoms with van der Waals surface area (Å²) in [6.07, 6.45) is 1.75. The third-order valence-electron chi connectivity index (χ3n) is 6.52. The topological polar surface area (TPSA) is 96.0 Å². The van der Waals surface area contributed by atoms with E-state index >= 15 is 0 Å². The first-order valence-electron chi connectivity index (χ1n) is 13.6. The van der Waals surface area contributed by atoms with Crippen LogP contribution in [0.4, 0.5) is 5.69 Å². The number of unbranched alkanes of at least 4 members (excludes halogenated alkanes) is 1. The van der Waals surface area contributed by atoms with Gasteiger partial charge in [0.1, 0.15) is 18.3 Å². The number of ether oxygens (including phenoxy) is 1. The maximum absolute atomic E-state index is 13.9. The number of carbonyl (C=O) groups is 2. The van der Waals surface area contributed by atoms with E-state index in [0.717, 1.165) is 28.3 Å². The summed E-state index contributed by atoms with van der Waals surface area (Å²) in [6.45, 7) is 8.10. The minimum absolute atomic E-state index is 0.0318. The van der Waals surface area contributed by atoms with Crippen LogP contribution in [-0.2, 0) is 26.2 Å². The SMILES string of the molecule is CCCCNC(=O)C(C)N(Cc1ccccc1)C(=O)CN(c1ccc(C)cc1)S(=O)(=O)c1ccc(OCC)cc1. The van der Waals surface area contributed by atoms with E-state index < -0.39 is 28.5 Å². The second kappa shape index (κ2) is 14.5. The van der Waals surface area contributed by atoms with Crippen LogP contribution >= 0.6 is 0 Å². The van der Waals surface area contributed by atoms with Gasteiger partial charge in [0.2, 0.25) is 11.8 Å². The molecule has 8 nitrogen and oxygen atoms in total. The fourth-order valence-corrected chi connectivity index (χ4v) is 5.55. The van der Waals surface area contributed by atoms with Crippen molar-refractivity contribution in [1.82, 2.24) is 10.2 Å². The zero-order chi connectivity index (χ0) is 29.1. The predicted molar refractivity (Wildman–Crippen MR) is 158 cm³/mol. The van der Waals surface area contributed by atoms with Gasteiger partial charge < -0.3 is 15.0 Å². The number of hydrogen-bond acceptors (Lipinski definition) is 5. The highest BCUT2D eigenvalue weighted by atomic mass is 32.2. The number of aryl methyl sites for hydroxylation is 1. The van der Waals surface area contributed by atoms with Crippen molar-refractivity contribution in [3.8, 4) is 5.75 Å². The van der Waals surface area contributed by atoms with Crippen LogP contribution in [0.1, 0.15) is 44.7 Å². The third-order valence-corrected chi connectivity index (χ3v) is 8.30. The molecule has 0 bridgehead atoms. The summed E-state index contributed by atoms with van der Waals surface area (Å²) in [6, 6.07) is 21.6. The van der Waals surface area contributed by atoms with E-state index in [2.05, 4.69) is 5.32 Å². The fourth-order valence-electron chi connectivity index (χ4n) is 4.14. The van der Waals surface area contributed by atoms with Crippen molar-refractivity contribution in [3.63, 3.8) is 0 Å². The molecule has 0 spiro atoms. The minimum Gasteiger partial charge on any atom is -0.494 e. The molecular weight excluding hydrogens is 526 g/mol. The van der Waals surface area contributed by atoms with Crippen LogP contribution < -0.4 is 14.4 Å². The Bertz CT molecular complexity index is 1340. The van der Waals surface area contributed by atoms with Gasteiger partial charge in [-0.2, -0.15) is 0 Å². The van der Waals surface area contributed by atoms with Gasteiger partial charge in [0.15, 0.2) is 0 Å². The molecule has 9 heteroatoms. The van der Waals surface area contributed by atoms with Crippen LogP contribution in [0.3, 0.4) is 0 Å². The van der Waals surface area contributed by atoms with Gasteiger partial charge in [-0.3, -0.25) is 13.9 Å². The van der Waals surface area contributed by atoms with E-state index in [0.29, 0.717) is 24.6 Å². The van der Waals surface area contributed by atoms with E-state index in [1.165, 1.54) is 17.0 Å². The monoisotopic (exact) mass is 565 g/mol. The van der Waals surface area contributed by atoms with Gasteiger partial charge in [0, 0.05) is 13.1 Å². The van der Waals surface area contributed by atoms with Crippen molar-refractivity contribution in [1.29, 1.82) is 0 Å². The molecule has 0 saturated heterocycles. The van der Waals surface area contributed by atoms with E-state index in [9.17, 15) is 18.0 Å². The first-order valence-corrected chi connectivity index (χ1v) is 15.0. The highest BCUT2D eigenvalue weighted by Gasteiger charge is 2.32. The average molecular weight is 566 g/mol. The summed E-state index contributed by atoms with van der Waals surface area (Å²) in [5, 5.41) is 2.89. The molecule has 214 valence electrons. The molecule has 0 aliphatic carbocycles. The third kappa shape index (κ3) is 8.08. The summed E-state index contributed by atoms with van der Waals surface area (Å²) in [5.74, 6) is -0.220. The Labute approximate surface area is 238 Å². The van der Waals surface area contributed by atoms with Gasteiger partial charge >= 0.3 is 0 Å². The van der Waals surface area contributed by atoms with Crippen molar-refractivity contribution in [2.24, 2.45) is 0 Å². The Kier molecular flexibility index (Phi) is 11.1. The molecule has 0 aliphatic heterocycles. The molecule has 0 fully saturated rings. The van der Waals surface area contributed by atoms with Gasteiger partial charge in [-0.25, -0.2) is 8.42 Å². The summed E-state index contributed by atoms with van der Waals surface area (Å²) >= 11 is 0. The Hall–Kier alpha value is -3.85. The van der Waals surface area contributed by atoms with Crippen LogP contribution in [0.15, 0.2) is 83.8 Å². The number of benzene rings is 3. The number of rotatable bonds is 14. The standard InChI is InChI=1S/C31H39N3O5S/c1-5-7-21-32-31(36)25(4)33(22-26-11-9-8-10-12-26)30(35)23-34(27-15-13-24(3)14-16-27)40(37,38)29-19-17-28(18-20-29)39-6-2/h8-20,25H,5-7,21-23H2,1-4H3,(H,32,36). The molecule has 0 aromatic heterocycles. The Morgan fingerprint density at radius 1 is 0.925 bits per heavy atom. The van der Waals surface area contributed by atoms with Crippen molar-refractivity contribution in [2.75, 3.05) is 24.0 Å². The number of sulfonamides is 1. The summed E-state index contributed by atoms with van der Waals surface area (Å²) in [5.41, 5.74) is 2.14. The van der Waals surface area contributed by atoms with Gasteiger partial charge in [-0.05, 0) is 69.2 Å². The molecular formula is C31H39N3O5S. The maximum Gasteiger partial charge on any atom is 0.264 e. The van der Waals surface area contributed by atoms with Crippen LogP contribution in [0, 0.1) is 6.92 Å². The molecule has 0 heterocycles.